The molecule has 4 heteroatoms. The molecule has 0 aliphatic heterocycles. The lowest BCUT2D eigenvalue weighted by molar-refractivity contribution is 0.0953. The number of rotatable bonds is 1. The smallest absolute Gasteiger partial charge is 0.265 e. The van der Waals surface area contributed by atoms with Gasteiger partial charge in [-0.3, -0.25) is 10.2 Å². The molecular formula is C10H11N3O. The molecule has 2 aromatic heterocycles. The molecule has 0 atom stereocenters. The maximum Gasteiger partial charge on any atom is 0.265 e. The Kier molecular flexibility index (Phi) is 1.98. The first-order valence-electron chi connectivity index (χ1n) is 4.30. The molecular weight excluding hydrogens is 178 g/mol. The van der Waals surface area contributed by atoms with E-state index < -0.39 is 0 Å². The molecule has 0 aromatic carbocycles. The Morgan fingerprint density at radius 2 is 2.29 bits per heavy atom. The Labute approximate surface area is 81.3 Å². The number of pyridine rings is 1. The average Bonchev–Trinajstić information content (AvgIpc) is 2.55. The standard InChI is InChI=1S/C10H11N3O/c1-7-4-9-5-8(10(14)12-11)2-3-13(9)6-7/h2-6H,11H2,1H3,(H,12,14). The number of hydrazine groups is 1. The maximum atomic E-state index is 11.2. The van der Waals surface area contributed by atoms with Crippen molar-refractivity contribution in [3.05, 3.63) is 41.7 Å². The van der Waals surface area contributed by atoms with Gasteiger partial charge in [0.1, 0.15) is 0 Å². The molecule has 2 aromatic rings. The Balaban J connectivity index is 2.55. The predicted molar refractivity (Wildman–Crippen MR) is 53.8 cm³/mol. The summed E-state index contributed by atoms with van der Waals surface area (Å²) in [6.45, 7) is 2.01. The molecule has 0 spiro atoms. The number of aromatic nitrogens is 1. The van der Waals surface area contributed by atoms with Crippen LogP contribution >= 0.6 is 0 Å². The van der Waals surface area contributed by atoms with Gasteiger partial charge in [0.25, 0.3) is 5.91 Å². The summed E-state index contributed by atoms with van der Waals surface area (Å²) < 4.78 is 1.96. The first kappa shape index (κ1) is 8.77. The van der Waals surface area contributed by atoms with Crippen molar-refractivity contribution < 1.29 is 4.79 Å². The van der Waals surface area contributed by atoms with Gasteiger partial charge in [-0.15, -0.1) is 0 Å². The first-order valence-corrected chi connectivity index (χ1v) is 4.30. The number of carbonyl (C=O) groups is 1. The second-order valence-corrected chi connectivity index (χ2v) is 3.24. The largest absolute Gasteiger partial charge is 0.324 e. The lowest BCUT2D eigenvalue weighted by atomic mass is 10.2. The molecule has 0 bridgehead atoms. The first-order chi connectivity index (χ1) is 6.70. The lowest BCUT2D eigenvalue weighted by Gasteiger charge is -2.00. The fourth-order valence-electron chi connectivity index (χ4n) is 1.48. The molecule has 1 amide bonds. The van der Waals surface area contributed by atoms with Crippen molar-refractivity contribution in [1.82, 2.24) is 9.83 Å². The van der Waals surface area contributed by atoms with Crippen molar-refractivity contribution >= 4 is 11.4 Å². The molecule has 14 heavy (non-hydrogen) atoms. The van der Waals surface area contributed by atoms with Gasteiger partial charge in [-0.2, -0.15) is 0 Å². The Morgan fingerprint density at radius 3 is 3.00 bits per heavy atom. The minimum atomic E-state index is -0.272. The highest BCUT2D eigenvalue weighted by Gasteiger charge is 2.04. The second kappa shape index (κ2) is 3.16. The van der Waals surface area contributed by atoms with Crippen molar-refractivity contribution in [2.24, 2.45) is 5.84 Å². The number of nitrogens with one attached hydrogen (secondary N) is 1. The van der Waals surface area contributed by atoms with Crippen LogP contribution in [0.3, 0.4) is 0 Å². The third kappa shape index (κ3) is 1.36. The zero-order valence-corrected chi connectivity index (χ0v) is 7.82. The minimum Gasteiger partial charge on any atom is -0.324 e. The van der Waals surface area contributed by atoms with E-state index in [-0.39, 0.29) is 5.91 Å². The summed E-state index contributed by atoms with van der Waals surface area (Å²) in [5, 5.41) is 0. The normalized spacial score (nSPS) is 10.4. The van der Waals surface area contributed by atoms with Crippen LogP contribution in [0.2, 0.25) is 0 Å². The number of nitrogens with two attached hydrogens (primary N) is 1. The van der Waals surface area contributed by atoms with Gasteiger partial charge >= 0.3 is 0 Å². The fraction of sp³-hybridized carbons (Fsp3) is 0.100. The molecule has 0 unspecified atom stereocenters. The third-order valence-electron chi connectivity index (χ3n) is 2.13. The number of carbonyl (C=O) groups excluding carboxylic acids is 1. The zero-order valence-electron chi connectivity index (χ0n) is 7.82. The summed E-state index contributed by atoms with van der Waals surface area (Å²) in [6, 6.07) is 5.54. The van der Waals surface area contributed by atoms with E-state index >= 15 is 0 Å². The topological polar surface area (TPSA) is 59.5 Å². The molecule has 4 nitrogen and oxygen atoms in total. The number of aryl methyl sites for hydroxylation is 1. The highest BCUT2D eigenvalue weighted by atomic mass is 16.2. The molecule has 0 fully saturated rings. The van der Waals surface area contributed by atoms with Gasteiger partial charge in [0.2, 0.25) is 0 Å². The Bertz CT molecular complexity index is 487. The summed E-state index contributed by atoms with van der Waals surface area (Å²) in [6.07, 6.45) is 3.84. The highest BCUT2D eigenvalue weighted by Crippen LogP contribution is 2.11. The SMILES string of the molecule is Cc1cc2cc(C(=O)NN)ccn2c1. The summed E-state index contributed by atoms with van der Waals surface area (Å²) in [7, 11) is 0. The molecule has 0 saturated carbocycles. The van der Waals surface area contributed by atoms with Crippen LogP contribution in [-0.2, 0) is 0 Å². The summed E-state index contributed by atoms with van der Waals surface area (Å²) in [4.78, 5) is 11.2. The van der Waals surface area contributed by atoms with Crippen molar-refractivity contribution in [3.8, 4) is 0 Å². The van der Waals surface area contributed by atoms with Crippen LogP contribution in [0.15, 0.2) is 30.6 Å². The lowest BCUT2D eigenvalue weighted by Crippen LogP contribution is -2.29. The van der Waals surface area contributed by atoms with Gasteiger partial charge in [-0.05, 0) is 30.7 Å². The van der Waals surface area contributed by atoms with Gasteiger partial charge in [-0.25, -0.2) is 5.84 Å². The van der Waals surface area contributed by atoms with Crippen LogP contribution in [0.25, 0.3) is 5.52 Å². The van der Waals surface area contributed by atoms with Crippen molar-refractivity contribution in [1.29, 1.82) is 0 Å². The average molecular weight is 189 g/mol. The molecule has 2 heterocycles. The van der Waals surface area contributed by atoms with E-state index in [4.69, 9.17) is 5.84 Å². The van der Waals surface area contributed by atoms with E-state index in [1.54, 1.807) is 12.1 Å². The molecule has 0 radical (unpaired) electrons. The summed E-state index contributed by atoms with van der Waals surface area (Å²) in [5.74, 6) is 4.78. The van der Waals surface area contributed by atoms with Crippen LogP contribution in [0, 0.1) is 6.92 Å². The fourth-order valence-corrected chi connectivity index (χ4v) is 1.48. The maximum absolute atomic E-state index is 11.2. The quantitative estimate of drug-likeness (QED) is 0.397. The van der Waals surface area contributed by atoms with Gasteiger partial charge in [0.15, 0.2) is 0 Å². The number of fused-ring (bicyclic) bond motifs is 1. The van der Waals surface area contributed by atoms with Crippen LogP contribution in [0.1, 0.15) is 15.9 Å². The van der Waals surface area contributed by atoms with Crippen LogP contribution < -0.4 is 11.3 Å². The monoisotopic (exact) mass is 189 g/mol. The van der Waals surface area contributed by atoms with Crippen molar-refractivity contribution in [2.75, 3.05) is 0 Å². The van der Waals surface area contributed by atoms with Gasteiger partial charge in [0.05, 0.1) is 0 Å². The van der Waals surface area contributed by atoms with E-state index in [0.29, 0.717) is 5.56 Å². The third-order valence-corrected chi connectivity index (χ3v) is 2.13. The van der Waals surface area contributed by atoms with E-state index in [2.05, 4.69) is 5.43 Å². The van der Waals surface area contributed by atoms with E-state index in [0.717, 1.165) is 11.1 Å². The molecule has 0 aliphatic carbocycles. The number of nitrogen functional groups attached to an aromatic ring is 1. The van der Waals surface area contributed by atoms with Crippen molar-refractivity contribution in [2.45, 2.75) is 6.92 Å². The van der Waals surface area contributed by atoms with Crippen LogP contribution in [0.4, 0.5) is 0 Å². The molecule has 0 aliphatic rings. The van der Waals surface area contributed by atoms with E-state index in [1.165, 1.54) is 0 Å². The van der Waals surface area contributed by atoms with Crippen LogP contribution in [-0.4, -0.2) is 10.3 Å². The predicted octanol–water partition coefficient (Wildman–Crippen LogP) is 0.851. The second-order valence-electron chi connectivity index (χ2n) is 3.24. The Hall–Kier alpha value is -1.81. The number of hydrogen-bond acceptors (Lipinski definition) is 2. The number of nitrogens with zero attached hydrogens (tertiary/aromatic N) is 1. The highest BCUT2D eigenvalue weighted by molar-refractivity contribution is 5.94. The summed E-state index contributed by atoms with van der Waals surface area (Å²) >= 11 is 0. The van der Waals surface area contributed by atoms with E-state index in [1.807, 2.05) is 29.8 Å². The molecule has 0 saturated heterocycles. The molecule has 72 valence electrons. The Morgan fingerprint density at radius 1 is 1.50 bits per heavy atom. The van der Waals surface area contributed by atoms with Crippen LogP contribution in [0.5, 0.6) is 0 Å². The summed E-state index contributed by atoms with van der Waals surface area (Å²) in [5.41, 5.74) is 4.82. The number of amides is 1. The number of hydrogen-bond donors (Lipinski definition) is 2. The molecule has 2 rings (SSSR count). The van der Waals surface area contributed by atoms with Gasteiger partial charge < -0.3 is 4.40 Å². The van der Waals surface area contributed by atoms with Crippen molar-refractivity contribution in [3.63, 3.8) is 0 Å². The van der Waals surface area contributed by atoms with Gasteiger partial charge in [0, 0.05) is 23.5 Å². The molecule has 3 N–H and O–H groups in total. The minimum absolute atomic E-state index is 0.272. The van der Waals surface area contributed by atoms with E-state index in [9.17, 15) is 4.79 Å². The zero-order chi connectivity index (χ0) is 10.1. The van der Waals surface area contributed by atoms with Gasteiger partial charge in [-0.1, -0.05) is 0 Å².